The number of hydrogen-bond donors (Lipinski definition) is 2. The summed E-state index contributed by atoms with van der Waals surface area (Å²) >= 11 is 1.60. The minimum absolute atomic E-state index is 0.0146. The first-order chi connectivity index (χ1) is 7.63. The van der Waals surface area contributed by atoms with Crippen molar-refractivity contribution in [2.75, 3.05) is 25.1 Å². The molecule has 0 aliphatic carbocycles. The Morgan fingerprint density at radius 2 is 2.31 bits per heavy atom. The lowest BCUT2D eigenvalue weighted by molar-refractivity contribution is -0.118. The molecule has 0 unspecified atom stereocenters. The lowest BCUT2D eigenvalue weighted by Crippen LogP contribution is -2.22. The van der Waals surface area contributed by atoms with Gasteiger partial charge >= 0.3 is 0 Å². The first-order valence-corrected chi connectivity index (χ1v) is 5.93. The molecule has 0 aromatic heterocycles. The van der Waals surface area contributed by atoms with E-state index in [1.165, 1.54) is 6.92 Å². The van der Waals surface area contributed by atoms with Gasteiger partial charge in [0.2, 0.25) is 5.91 Å². The van der Waals surface area contributed by atoms with E-state index in [1.807, 2.05) is 18.2 Å². The van der Waals surface area contributed by atoms with Crippen LogP contribution >= 0.6 is 11.8 Å². The van der Waals surface area contributed by atoms with Crippen molar-refractivity contribution in [3.05, 3.63) is 18.2 Å². The van der Waals surface area contributed by atoms with E-state index in [4.69, 9.17) is 10.5 Å². The molecule has 4 nitrogen and oxygen atoms in total. The molecule has 88 valence electrons. The van der Waals surface area contributed by atoms with Gasteiger partial charge in [-0.2, -0.15) is 0 Å². The summed E-state index contributed by atoms with van der Waals surface area (Å²) in [7, 11) is 1.62. The highest BCUT2D eigenvalue weighted by Gasteiger charge is 2.02. The summed E-state index contributed by atoms with van der Waals surface area (Å²) in [6.07, 6.45) is 0. The van der Waals surface area contributed by atoms with Crippen LogP contribution < -0.4 is 15.8 Å². The van der Waals surface area contributed by atoms with E-state index in [-0.39, 0.29) is 5.91 Å². The van der Waals surface area contributed by atoms with Crippen molar-refractivity contribution in [2.24, 2.45) is 0 Å². The van der Waals surface area contributed by atoms with Gasteiger partial charge in [0, 0.05) is 29.8 Å². The van der Waals surface area contributed by atoms with Crippen molar-refractivity contribution in [1.82, 2.24) is 5.32 Å². The van der Waals surface area contributed by atoms with E-state index in [1.54, 1.807) is 18.9 Å². The number of amides is 1. The number of carbonyl (C=O) groups excluding carboxylic acids is 1. The average Bonchev–Trinajstić information content (AvgIpc) is 2.26. The monoisotopic (exact) mass is 240 g/mol. The maximum atomic E-state index is 10.7. The minimum atomic E-state index is -0.0146. The van der Waals surface area contributed by atoms with E-state index in [9.17, 15) is 4.79 Å². The highest BCUT2D eigenvalue weighted by Crippen LogP contribution is 2.28. The molecule has 16 heavy (non-hydrogen) atoms. The van der Waals surface area contributed by atoms with Gasteiger partial charge in [-0.1, -0.05) is 0 Å². The Balaban J connectivity index is 2.49. The van der Waals surface area contributed by atoms with Crippen molar-refractivity contribution in [1.29, 1.82) is 0 Å². The van der Waals surface area contributed by atoms with E-state index >= 15 is 0 Å². The molecule has 0 atom stereocenters. The second-order valence-electron chi connectivity index (χ2n) is 3.24. The molecule has 0 aliphatic rings. The zero-order chi connectivity index (χ0) is 12.0. The number of anilines is 1. The number of ether oxygens (including phenoxy) is 1. The van der Waals surface area contributed by atoms with Gasteiger partial charge in [-0.05, 0) is 18.2 Å². The van der Waals surface area contributed by atoms with Gasteiger partial charge < -0.3 is 15.8 Å². The summed E-state index contributed by atoms with van der Waals surface area (Å²) in [5, 5.41) is 2.73. The topological polar surface area (TPSA) is 64.3 Å². The molecule has 0 radical (unpaired) electrons. The van der Waals surface area contributed by atoms with Crippen molar-refractivity contribution in [2.45, 2.75) is 11.8 Å². The fourth-order valence-electron chi connectivity index (χ4n) is 1.15. The van der Waals surface area contributed by atoms with Crippen LogP contribution in [0, 0.1) is 0 Å². The molecular formula is C11H16N2O2S. The minimum Gasteiger partial charge on any atom is -0.497 e. The third kappa shape index (κ3) is 4.02. The lowest BCUT2D eigenvalue weighted by Gasteiger charge is -2.07. The molecule has 1 aromatic carbocycles. The molecule has 0 saturated heterocycles. The molecule has 0 heterocycles. The number of nitrogens with two attached hydrogens (primary N) is 1. The first-order valence-electron chi connectivity index (χ1n) is 4.94. The summed E-state index contributed by atoms with van der Waals surface area (Å²) < 4.78 is 5.12. The maximum Gasteiger partial charge on any atom is 0.216 e. The maximum absolute atomic E-state index is 10.7. The first kappa shape index (κ1) is 12.7. The number of nitrogen functional groups attached to an aromatic ring is 1. The summed E-state index contributed by atoms with van der Waals surface area (Å²) in [6, 6.07) is 5.54. The fraction of sp³-hybridized carbons (Fsp3) is 0.364. The summed E-state index contributed by atoms with van der Waals surface area (Å²) in [5.74, 6) is 1.56. The Bertz CT molecular complexity index is 369. The van der Waals surface area contributed by atoms with Gasteiger partial charge in [-0.25, -0.2) is 0 Å². The van der Waals surface area contributed by atoms with Gasteiger partial charge in [-0.15, -0.1) is 11.8 Å². The Hall–Kier alpha value is -1.36. The van der Waals surface area contributed by atoms with Crippen LogP contribution in [0.2, 0.25) is 0 Å². The highest BCUT2D eigenvalue weighted by atomic mass is 32.2. The Kier molecular flexibility index (Phi) is 4.98. The van der Waals surface area contributed by atoms with Gasteiger partial charge in [0.15, 0.2) is 0 Å². The van der Waals surface area contributed by atoms with E-state index in [0.717, 1.165) is 22.1 Å². The molecule has 1 rings (SSSR count). The van der Waals surface area contributed by atoms with Crippen LogP contribution in [0.3, 0.4) is 0 Å². The van der Waals surface area contributed by atoms with Crippen LogP contribution in [0.15, 0.2) is 23.1 Å². The zero-order valence-corrected chi connectivity index (χ0v) is 10.3. The van der Waals surface area contributed by atoms with Crippen molar-refractivity contribution < 1.29 is 9.53 Å². The third-order valence-electron chi connectivity index (χ3n) is 1.95. The van der Waals surface area contributed by atoms with Crippen molar-refractivity contribution in [3.63, 3.8) is 0 Å². The SMILES string of the molecule is COc1ccc(N)c(SCCNC(C)=O)c1. The molecule has 0 bridgehead atoms. The van der Waals surface area contributed by atoms with Gasteiger partial charge in [-0.3, -0.25) is 4.79 Å². The highest BCUT2D eigenvalue weighted by molar-refractivity contribution is 7.99. The van der Waals surface area contributed by atoms with E-state index in [0.29, 0.717) is 6.54 Å². The summed E-state index contributed by atoms with van der Waals surface area (Å²) in [6.45, 7) is 2.14. The van der Waals surface area contributed by atoms with Crippen LogP contribution in [0.25, 0.3) is 0 Å². The normalized spacial score (nSPS) is 9.88. The Morgan fingerprint density at radius 3 is 2.94 bits per heavy atom. The third-order valence-corrected chi connectivity index (χ3v) is 3.03. The van der Waals surface area contributed by atoms with Crippen LogP contribution in [-0.4, -0.2) is 25.3 Å². The van der Waals surface area contributed by atoms with E-state index in [2.05, 4.69) is 5.32 Å². The molecule has 3 N–H and O–H groups in total. The van der Waals surface area contributed by atoms with Gasteiger partial charge in [0.1, 0.15) is 5.75 Å². The average molecular weight is 240 g/mol. The second kappa shape index (κ2) is 6.27. The second-order valence-corrected chi connectivity index (χ2v) is 4.37. The number of hydrogen-bond acceptors (Lipinski definition) is 4. The Labute approximate surface area is 99.5 Å². The summed E-state index contributed by atoms with van der Waals surface area (Å²) in [5.41, 5.74) is 6.55. The molecule has 0 aliphatic heterocycles. The number of methoxy groups -OCH3 is 1. The van der Waals surface area contributed by atoms with Crippen molar-refractivity contribution >= 4 is 23.4 Å². The van der Waals surface area contributed by atoms with Gasteiger partial charge in [0.05, 0.1) is 7.11 Å². The number of benzene rings is 1. The molecule has 0 saturated carbocycles. The largest absolute Gasteiger partial charge is 0.497 e. The van der Waals surface area contributed by atoms with Crippen LogP contribution in [0.1, 0.15) is 6.92 Å². The van der Waals surface area contributed by atoms with Crippen molar-refractivity contribution in [3.8, 4) is 5.75 Å². The standard InChI is InChI=1S/C11H16N2O2S/c1-8(14)13-5-6-16-11-7-9(15-2)3-4-10(11)12/h3-4,7H,5-6,12H2,1-2H3,(H,13,14). The molecule has 1 aromatic rings. The number of nitrogens with one attached hydrogen (secondary N) is 1. The number of rotatable bonds is 5. The number of thioether (sulfide) groups is 1. The summed E-state index contributed by atoms with van der Waals surface area (Å²) in [4.78, 5) is 11.6. The number of carbonyl (C=O) groups is 1. The quantitative estimate of drug-likeness (QED) is 0.465. The zero-order valence-electron chi connectivity index (χ0n) is 9.45. The fourth-order valence-corrected chi connectivity index (χ4v) is 2.01. The molecular weight excluding hydrogens is 224 g/mol. The van der Waals surface area contributed by atoms with Crippen LogP contribution in [-0.2, 0) is 4.79 Å². The molecule has 0 spiro atoms. The van der Waals surface area contributed by atoms with E-state index < -0.39 is 0 Å². The van der Waals surface area contributed by atoms with Crippen LogP contribution in [0.5, 0.6) is 5.75 Å². The molecule has 0 fully saturated rings. The predicted molar refractivity (Wildman–Crippen MR) is 66.8 cm³/mol. The van der Waals surface area contributed by atoms with Gasteiger partial charge in [0.25, 0.3) is 0 Å². The van der Waals surface area contributed by atoms with Crippen LogP contribution in [0.4, 0.5) is 5.69 Å². The Morgan fingerprint density at radius 1 is 1.56 bits per heavy atom. The smallest absolute Gasteiger partial charge is 0.216 e. The molecule has 5 heteroatoms. The predicted octanol–water partition coefficient (Wildman–Crippen LogP) is 1.51. The molecule has 1 amide bonds. The lowest BCUT2D eigenvalue weighted by atomic mass is 10.3.